The molecule has 2 aromatic heterocycles. The van der Waals surface area contributed by atoms with Crippen LogP contribution in [0.3, 0.4) is 0 Å². The van der Waals surface area contributed by atoms with E-state index in [-0.39, 0.29) is 0 Å². The molecule has 0 saturated carbocycles. The van der Waals surface area contributed by atoms with Gasteiger partial charge in [0.1, 0.15) is 0 Å². The van der Waals surface area contributed by atoms with Crippen molar-refractivity contribution < 1.29 is 8.42 Å². The van der Waals surface area contributed by atoms with Crippen molar-refractivity contribution in [2.24, 2.45) is 0 Å². The molecule has 0 fully saturated rings. The lowest BCUT2D eigenvalue weighted by Gasteiger charge is -2.09. The molecule has 0 aliphatic rings. The largest absolute Gasteiger partial charge is 0.280 e. The first-order valence-electron chi connectivity index (χ1n) is 4.59. The summed E-state index contributed by atoms with van der Waals surface area (Å²) in [6, 6.07) is 3.36. The molecule has 1 N–H and O–H groups in total. The van der Waals surface area contributed by atoms with E-state index in [1.807, 2.05) is 0 Å². The molecular weight excluding hydrogens is 308 g/mol. The van der Waals surface area contributed by atoms with Gasteiger partial charge in [-0.15, -0.1) is 0 Å². The molecule has 0 atom stereocenters. The number of hydrogen-bond donors (Lipinski definition) is 1. The molecule has 0 radical (unpaired) electrons. The highest BCUT2D eigenvalue weighted by molar-refractivity contribution is 9.10. The summed E-state index contributed by atoms with van der Waals surface area (Å²) in [7, 11) is -3.36. The third-order valence-electron chi connectivity index (χ3n) is 1.85. The molecule has 6 nitrogen and oxygen atoms in total. The number of hydrogen-bond acceptors (Lipinski definition) is 4. The van der Waals surface area contributed by atoms with Crippen molar-refractivity contribution in [1.29, 1.82) is 0 Å². The summed E-state index contributed by atoms with van der Waals surface area (Å²) in [6.07, 6.45) is 5.93. The van der Waals surface area contributed by atoms with Gasteiger partial charge in [-0.2, -0.15) is 5.10 Å². The fourth-order valence-corrected chi connectivity index (χ4v) is 2.16. The number of pyridine rings is 1. The van der Waals surface area contributed by atoms with E-state index in [4.69, 9.17) is 0 Å². The van der Waals surface area contributed by atoms with E-state index in [2.05, 4.69) is 30.7 Å². The maximum absolute atomic E-state index is 11.2. The van der Waals surface area contributed by atoms with Gasteiger partial charge in [-0.25, -0.2) is 18.1 Å². The van der Waals surface area contributed by atoms with Crippen LogP contribution in [-0.4, -0.2) is 29.4 Å². The van der Waals surface area contributed by atoms with Crippen LogP contribution in [0.1, 0.15) is 0 Å². The predicted molar refractivity (Wildman–Crippen MR) is 67.5 cm³/mol. The summed E-state index contributed by atoms with van der Waals surface area (Å²) >= 11 is 3.24. The lowest BCUT2D eigenvalue weighted by atomic mass is 10.4. The topological polar surface area (TPSA) is 76.9 Å². The number of aromatic nitrogens is 3. The van der Waals surface area contributed by atoms with E-state index in [1.54, 1.807) is 30.7 Å². The normalized spacial score (nSPS) is 11.4. The first-order chi connectivity index (χ1) is 7.96. The average Bonchev–Trinajstić information content (AvgIpc) is 2.68. The van der Waals surface area contributed by atoms with Crippen LogP contribution in [0.15, 0.2) is 35.2 Å². The lowest BCUT2D eigenvalue weighted by molar-refractivity contribution is 0.606. The van der Waals surface area contributed by atoms with E-state index in [0.717, 1.165) is 6.26 Å². The summed E-state index contributed by atoms with van der Waals surface area (Å²) in [6.45, 7) is 0. The van der Waals surface area contributed by atoms with E-state index >= 15 is 0 Å². The minimum Gasteiger partial charge on any atom is -0.280 e. The maximum Gasteiger partial charge on any atom is 0.229 e. The molecule has 0 spiro atoms. The number of nitrogens with one attached hydrogen (secondary N) is 1. The Kier molecular flexibility index (Phi) is 3.16. The van der Waals surface area contributed by atoms with Crippen molar-refractivity contribution in [3.8, 4) is 5.82 Å². The number of rotatable bonds is 3. The minimum absolute atomic E-state index is 0.366. The fraction of sp³-hybridized carbons (Fsp3) is 0.111. The highest BCUT2D eigenvalue weighted by Gasteiger charge is 2.11. The summed E-state index contributed by atoms with van der Waals surface area (Å²) in [5, 5.41) is 4.01. The summed E-state index contributed by atoms with van der Waals surface area (Å²) in [5.41, 5.74) is 0.366. The van der Waals surface area contributed by atoms with Gasteiger partial charge in [0.2, 0.25) is 10.0 Å². The van der Waals surface area contributed by atoms with Crippen molar-refractivity contribution in [2.45, 2.75) is 0 Å². The molecule has 0 bridgehead atoms. The van der Waals surface area contributed by atoms with E-state index in [0.29, 0.717) is 16.0 Å². The Morgan fingerprint density at radius 1 is 1.47 bits per heavy atom. The van der Waals surface area contributed by atoms with Crippen molar-refractivity contribution in [3.05, 3.63) is 35.2 Å². The van der Waals surface area contributed by atoms with Gasteiger partial charge >= 0.3 is 0 Å². The Morgan fingerprint density at radius 2 is 2.24 bits per heavy atom. The van der Waals surface area contributed by atoms with Crippen LogP contribution in [0.2, 0.25) is 0 Å². The minimum atomic E-state index is -3.36. The first-order valence-corrected chi connectivity index (χ1v) is 7.27. The van der Waals surface area contributed by atoms with Crippen LogP contribution < -0.4 is 4.72 Å². The Hall–Kier alpha value is -1.41. The van der Waals surface area contributed by atoms with Gasteiger partial charge in [-0.1, -0.05) is 0 Å². The van der Waals surface area contributed by atoms with E-state index in [1.165, 1.54) is 4.68 Å². The molecule has 17 heavy (non-hydrogen) atoms. The van der Waals surface area contributed by atoms with Gasteiger partial charge in [0, 0.05) is 23.1 Å². The molecule has 0 saturated heterocycles. The standard InChI is InChI=1S/C9H9BrN4O2S/c1-17(15,16)13-8-5-7(10)6-11-9(8)14-4-2-3-12-14/h2-6,13H,1H3. The van der Waals surface area contributed by atoms with Crippen molar-refractivity contribution >= 4 is 31.6 Å². The summed E-state index contributed by atoms with van der Waals surface area (Å²) < 4.78 is 27.1. The van der Waals surface area contributed by atoms with Gasteiger partial charge < -0.3 is 0 Å². The van der Waals surface area contributed by atoms with Crippen molar-refractivity contribution in [1.82, 2.24) is 14.8 Å². The van der Waals surface area contributed by atoms with E-state index < -0.39 is 10.0 Å². The number of nitrogens with zero attached hydrogens (tertiary/aromatic N) is 3. The molecule has 0 unspecified atom stereocenters. The molecule has 2 heterocycles. The fourth-order valence-electron chi connectivity index (χ4n) is 1.28. The van der Waals surface area contributed by atoms with Crippen LogP contribution in [0.4, 0.5) is 5.69 Å². The van der Waals surface area contributed by atoms with Crippen LogP contribution in [0, 0.1) is 0 Å². The van der Waals surface area contributed by atoms with Crippen LogP contribution in [-0.2, 0) is 10.0 Å². The third-order valence-corrected chi connectivity index (χ3v) is 2.87. The van der Waals surface area contributed by atoms with Gasteiger partial charge in [0.15, 0.2) is 5.82 Å². The summed E-state index contributed by atoms with van der Waals surface area (Å²) in [4.78, 5) is 4.13. The van der Waals surface area contributed by atoms with Crippen molar-refractivity contribution in [3.63, 3.8) is 0 Å². The van der Waals surface area contributed by atoms with Crippen LogP contribution in [0.5, 0.6) is 0 Å². The monoisotopic (exact) mass is 316 g/mol. The van der Waals surface area contributed by atoms with Gasteiger partial charge in [0.05, 0.1) is 11.9 Å². The summed E-state index contributed by atoms with van der Waals surface area (Å²) in [5.74, 6) is 0.420. The van der Waals surface area contributed by atoms with Gasteiger partial charge in [-0.05, 0) is 28.1 Å². The van der Waals surface area contributed by atoms with Crippen LogP contribution in [0.25, 0.3) is 5.82 Å². The zero-order valence-electron chi connectivity index (χ0n) is 8.83. The first kappa shape index (κ1) is 12.1. The Morgan fingerprint density at radius 3 is 2.82 bits per heavy atom. The third kappa shape index (κ3) is 3.04. The quantitative estimate of drug-likeness (QED) is 0.928. The molecule has 0 aliphatic carbocycles. The predicted octanol–water partition coefficient (Wildman–Crippen LogP) is 1.40. The highest BCUT2D eigenvalue weighted by Crippen LogP contribution is 2.22. The molecule has 0 aliphatic heterocycles. The lowest BCUT2D eigenvalue weighted by Crippen LogP contribution is -2.13. The second-order valence-electron chi connectivity index (χ2n) is 3.35. The molecule has 90 valence electrons. The molecule has 8 heteroatoms. The average molecular weight is 317 g/mol. The number of sulfonamides is 1. The zero-order valence-corrected chi connectivity index (χ0v) is 11.2. The Balaban J connectivity index is 2.52. The Labute approximate surface area is 107 Å². The molecular formula is C9H9BrN4O2S. The number of halogens is 1. The van der Waals surface area contributed by atoms with E-state index in [9.17, 15) is 8.42 Å². The molecule has 2 aromatic rings. The van der Waals surface area contributed by atoms with Gasteiger partial charge in [-0.3, -0.25) is 4.72 Å². The van der Waals surface area contributed by atoms with Gasteiger partial charge in [0.25, 0.3) is 0 Å². The molecule has 0 amide bonds. The molecule has 2 rings (SSSR count). The maximum atomic E-state index is 11.2. The second-order valence-corrected chi connectivity index (χ2v) is 6.01. The zero-order chi connectivity index (χ0) is 12.5. The van der Waals surface area contributed by atoms with Crippen molar-refractivity contribution in [2.75, 3.05) is 11.0 Å². The smallest absolute Gasteiger partial charge is 0.229 e. The highest BCUT2D eigenvalue weighted by atomic mass is 79.9. The SMILES string of the molecule is CS(=O)(=O)Nc1cc(Br)cnc1-n1cccn1. The molecule has 0 aromatic carbocycles. The number of anilines is 1. The van der Waals surface area contributed by atoms with Crippen LogP contribution >= 0.6 is 15.9 Å². The second kappa shape index (κ2) is 4.46. The Bertz CT molecular complexity index is 624.